The van der Waals surface area contributed by atoms with Gasteiger partial charge in [0.15, 0.2) is 5.78 Å². The van der Waals surface area contributed by atoms with E-state index < -0.39 is 23.4 Å². The van der Waals surface area contributed by atoms with Crippen LogP contribution in [0.25, 0.3) is 0 Å². The van der Waals surface area contributed by atoms with Crippen molar-refractivity contribution >= 4 is 11.7 Å². The van der Waals surface area contributed by atoms with E-state index in [-0.39, 0.29) is 17.1 Å². The highest BCUT2D eigenvalue weighted by Crippen LogP contribution is 2.36. The number of carbonyl (C=O) groups excluding carboxylic acids is 2. The Morgan fingerprint density at radius 3 is 2.56 bits per heavy atom. The lowest BCUT2D eigenvalue weighted by Gasteiger charge is -2.39. The number of hydrogen-bond donors (Lipinski definition) is 1. The van der Waals surface area contributed by atoms with Crippen LogP contribution in [0.1, 0.15) is 34.6 Å². The lowest BCUT2D eigenvalue weighted by molar-refractivity contribution is 0.0378. The molecule has 0 bridgehead atoms. The Bertz CT molecular complexity index is 909. The molecule has 2 aromatic carbocycles. The fourth-order valence-electron chi connectivity index (χ4n) is 3.04. The number of ketones is 1. The molecule has 1 amide bonds. The van der Waals surface area contributed by atoms with Gasteiger partial charge in [-0.05, 0) is 44.2 Å². The normalized spacial score (nSPS) is 17.5. The molecule has 142 valence electrons. The molecular weight excluding hydrogens is 353 g/mol. The van der Waals surface area contributed by atoms with Crippen molar-refractivity contribution in [3.63, 3.8) is 0 Å². The van der Waals surface area contributed by atoms with Gasteiger partial charge in [-0.25, -0.2) is 4.39 Å². The smallest absolute Gasteiger partial charge is 0.255 e. The number of Topliss-reactive ketones (excluding diaryl/α,β-unsaturated/α-hetero) is 1. The molecule has 0 saturated heterocycles. The summed E-state index contributed by atoms with van der Waals surface area (Å²) >= 11 is 0. The molecular formula is C20H20FNO5. The van der Waals surface area contributed by atoms with Crippen molar-refractivity contribution in [2.45, 2.75) is 25.5 Å². The first kappa shape index (κ1) is 18.7. The summed E-state index contributed by atoms with van der Waals surface area (Å²) in [6.07, 6.45) is 0. The first-order chi connectivity index (χ1) is 12.8. The van der Waals surface area contributed by atoms with Gasteiger partial charge in [-0.3, -0.25) is 9.59 Å². The van der Waals surface area contributed by atoms with Gasteiger partial charge >= 0.3 is 0 Å². The molecule has 3 rings (SSSR count). The molecule has 0 saturated carbocycles. The van der Waals surface area contributed by atoms with E-state index in [1.54, 1.807) is 32.0 Å². The van der Waals surface area contributed by atoms with Crippen molar-refractivity contribution in [2.24, 2.45) is 0 Å². The van der Waals surface area contributed by atoms with Crippen molar-refractivity contribution in [1.82, 2.24) is 5.32 Å². The second-order valence-corrected chi connectivity index (χ2v) is 6.68. The third-order valence-corrected chi connectivity index (χ3v) is 4.47. The van der Waals surface area contributed by atoms with Crippen molar-refractivity contribution in [2.75, 3.05) is 14.2 Å². The first-order valence-electron chi connectivity index (χ1n) is 8.32. The zero-order valence-electron chi connectivity index (χ0n) is 15.5. The van der Waals surface area contributed by atoms with E-state index in [0.717, 1.165) is 6.07 Å². The van der Waals surface area contributed by atoms with Crippen LogP contribution >= 0.6 is 0 Å². The van der Waals surface area contributed by atoms with Crippen LogP contribution in [0.3, 0.4) is 0 Å². The number of methoxy groups -OCH3 is 2. The predicted molar refractivity (Wildman–Crippen MR) is 96.2 cm³/mol. The minimum absolute atomic E-state index is 0.00151. The highest BCUT2D eigenvalue weighted by atomic mass is 19.1. The van der Waals surface area contributed by atoms with Crippen molar-refractivity contribution in [3.05, 3.63) is 53.3 Å². The molecule has 1 atom stereocenters. The van der Waals surface area contributed by atoms with Crippen LogP contribution in [-0.4, -0.2) is 37.6 Å². The van der Waals surface area contributed by atoms with E-state index >= 15 is 0 Å². The molecule has 0 spiro atoms. The van der Waals surface area contributed by atoms with Crippen LogP contribution in [0.2, 0.25) is 0 Å². The minimum atomic E-state index is -1.02. The van der Waals surface area contributed by atoms with Crippen molar-refractivity contribution in [1.29, 1.82) is 0 Å². The summed E-state index contributed by atoms with van der Waals surface area (Å²) in [5, 5.41) is 2.66. The highest BCUT2D eigenvalue weighted by molar-refractivity contribution is 6.08. The van der Waals surface area contributed by atoms with Gasteiger partial charge in [-0.15, -0.1) is 0 Å². The molecule has 1 heterocycles. The third-order valence-electron chi connectivity index (χ3n) is 4.47. The number of carbonyl (C=O) groups is 2. The van der Waals surface area contributed by atoms with Gasteiger partial charge in [-0.2, -0.15) is 0 Å². The summed E-state index contributed by atoms with van der Waals surface area (Å²) in [6.45, 7) is 3.39. The van der Waals surface area contributed by atoms with Crippen molar-refractivity contribution < 1.29 is 28.2 Å². The van der Waals surface area contributed by atoms with Crippen LogP contribution < -0.4 is 19.5 Å². The molecule has 7 heteroatoms. The standard InChI is InChI=1S/C20H20FNO5/c1-20(2)18(17(23)13-7-6-12(25-3)10-16(13)27-20)22-19(24)14-9-11(21)5-8-15(14)26-4/h5-10,18H,1-4H3,(H,22,24). The zero-order chi connectivity index (χ0) is 19.8. The van der Waals surface area contributed by atoms with Gasteiger partial charge < -0.3 is 19.5 Å². The Hall–Kier alpha value is -3.09. The molecule has 1 aliphatic rings. The maximum Gasteiger partial charge on any atom is 0.255 e. The summed E-state index contributed by atoms with van der Waals surface area (Å²) in [4.78, 5) is 25.7. The van der Waals surface area contributed by atoms with Crippen LogP contribution in [0.5, 0.6) is 17.2 Å². The van der Waals surface area contributed by atoms with Gasteiger partial charge in [0.2, 0.25) is 0 Å². The summed E-state index contributed by atoms with van der Waals surface area (Å²) in [5.74, 6) is -0.349. The minimum Gasteiger partial charge on any atom is -0.497 e. The fraction of sp³-hybridized carbons (Fsp3) is 0.300. The fourth-order valence-corrected chi connectivity index (χ4v) is 3.04. The summed E-state index contributed by atoms with van der Waals surface area (Å²) in [7, 11) is 2.90. The lowest BCUT2D eigenvalue weighted by atomic mass is 9.87. The molecule has 1 aliphatic heterocycles. The van der Waals surface area contributed by atoms with Gasteiger partial charge in [0, 0.05) is 6.07 Å². The van der Waals surface area contributed by atoms with Gasteiger partial charge in [0.05, 0.1) is 25.3 Å². The lowest BCUT2D eigenvalue weighted by Crippen LogP contribution is -2.59. The Balaban J connectivity index is 1.93. The number of halogens is 1. The average molecular weight is 373 g/mol. The summed E-state index contributed by atoms with van der Waals surface area (Å²) in [6, 6.07) is 7.52. The van der Waals surface area contributed by atoms with Crippen LogP contribution in [0.15, 0.2) is 36.4 Å². The number of hydrogen-bond acceptors (Lipinski definition) is 5. The molecule has 27 heavy (non-hydrogen) atoms. The largest absolute Gasteiger partial charge is 0.497 e. The van der Waals surface area contributed by atoms with Gasteiger partial charge in [-0.1, -0.05) is 0 Å². The van der Waals surface area contributed by atoms with Crippen LogP contribution in [0.4, 0.5) is 4.39 Å². The van der Waals surface area contributed by atoms with E-state index in [0.29, 0.717) is 17.1 Å². The molecule has 0 aliphatic carbocycles. The van der Waals surface area contributed by atoms with Crippen LogP contribution in [-0.2, 0) is 0 Å². The zero-order valence-corrected chi connectivity index (χ0v) is 15.5. The van der Waals surface area contributed by atoms with E-state index in [1.807, 2.05) is 0 Å². The highest BCUT2D eigenvalue weighted by Gasteiger charge is 2.44. The van der Waals surface area contributed by atoms with E-state index in [1.165, 1.54) is 26.4 Å². The Morgan fingerprint density at radius 2 is 1.89 bits per heavy atom. The molecule has 1 N–H and O–H groups in total. The number of rotatable bonds is 4. The van der Waals surface area contributed by atoms with Gasteiger partial charge in [0.1, 0.15) is 34.7 Å². The second-order valence-electron chi connectivity index (χ2n) is 6.68. The summed E-state index contributed by atoms with van der Waals surface area (Å²) in [5.41, 5.74) is -0.680. The predicted octanol–water partition coefficient (Wildman–Crippen LogP) is 3.00. The third kappa shape index (κ3) is 3.45. The molecule has 0 radical (unpaired) electrons. The van der Waals surface area contributed by atoms with E-state index in [9.17, 15) is 14.0 Å². The van der Waals surface area contributed by atoms with E-state index in [4.69, 9.17) is 14.2 Å². The monoisotopic (exact) mass is 373 g/mol. The Labute approximate surface area is 156 Å². The number of ether oxygens (including phenoxy) is 3. The van der Waals surface area contributed by atoms with Crippen molar-refractivity contribution in [3.8, 4) is 17.2 Å². The number of benzene rings is 2. The maximum absolute atomic E-state index is 13.6. The average Bonchev–Trinajstić information content (AvgIpc) is 2.64. The molecule has 6 nitrogen and oxygen atoms in total. The Kier molecular flexibility index (Phi) is 4.78. The first-order valence-corrected chi connectivity index (χ1v) is 8.32. The van der Waals surface area contributed by atoms with Gasteiger partial charge in [0.25, 0.3) is 5.91 Å². The molecule has 0 aromatic heterocycles. The molecule has 1 unspecified atom stereocenters. The number of amides is 1. The molecule has 0 fully saturated rings. The number of fused-ring (bicyclic) bond motifs is 1. The maximum atomic E-state index is 13.6. The topological polar surface area (TPSA) is 73.9 Å². The SMILES string of the molecule is COc1ccc2c(c1)OC(C)(C)C(NC(=O)c1cc(F)ccc1OC)C2=O. The molecule has 2 aromatic rings. The Morgan fingerprint density at radius 1 is 1.15 bits per heavy atom. The number of nitrogens with one attached hydrogen (secondary N) is 1. The van der Waals surface area contributed by atoms with Crippen LogP contribution in [0, 0.1) is 5.82 Å². The van der Waals surface area contributed by atoms with E-state index in [2.05, 4.69) is 5.32 Å². The second kappa shape index (κ2) is 6.90. The quantitative estimate of drug-likeness (QED) is 0.892. The summed E-state index contributed by atoms with van der Waals surface area (Å²) < 4.78 is 29.8.